The summed E-state index contributed by atoms with van der Waals surface area (Å²) in [6.07, 6.45) is 1.41. The van der Waals surface area contributed by atoms with Gasteiger partial charge in [0.25, 0.3) is 0 Å². The van der Waals surface area contributed by atoms with E-state index in [2.05, 4.69) is 15.4 Å². The van der Waals surface area contributed by atoms with Crippen LogP contribution in [0.1, 0.15) is 29.9 Å². The second kappa shape index (κ2) is 7.18. The van der Waals surface area contributed by atoms with Crippen LogP contribution in [0.25, 0.3) is 0 Å². The zero-order valence-electron chi connectivity index (χ0n) is 15.8. The monoisotopic (exact) mass is 397 g/mol. The molecule has 3 aliphatic heterocycles. The summed E-state index contributed by atoms with van der Waals surface area (Å²) in [4.78, 5) is 14.7. The highest BCUT2D eigenvalue weighted by molar-refractivity contribution is 7.92. The van der Waals surface area contributed by atoms with Crippen molar-refractivity contribution >= 4 is 15.7 Å². The third kappa shape index (κ3) is 3.64. The maximum Gasteiger partial charge on any atom is 0.223 e. The van der Waals surface area contributed by atoms with Crippen LogP contribution in [0.5, 0.6) is 0 Å². The Bertz CT molecular complexity index is 795. The summed E-state index contributed by atoms with van der Waals surface area (Å²) in [6.45, 7) is 6.75. The number of ether oxygens (including phenoxy) is 1. The van der Waals surface area contributed by atoms with Gasteiger partial charge in [-0.3, -0.25) is 9.69 Å². The van der Waals surface area contributed by atoms with Crippen molar-refractivity contribution in [2.45, 2.75) is 44.5 Å². The Labute approximate surface area is 159 Å². The fourth-order valence-corrected chi connectivity index (χ4v) is 6.96. The highest BCUT2D eigenvalue weighted by atomic mass is 32.2. The number of carbonyl (C=O) groups is 1. The lowest BCUT2D eigenvalue weighted by atomic mass is 9.96. The van der Waals surface area contributed by atoms with Crippen LogP contribution in [0.3, 0.4) is 0 Å². The Hall–Kier alpha value is -1.45. The number of sulfone groups is 1. The van der Waals surface area contributed by atoms with Crippen LogP contribution in [0.4, 0.5) is 0 Å². The van der Waals surface area contributed by atoms with Crippen LogP contribution in [-0.4, -0.2) is 67.7 Å². The number of hydrogen-bond acceptors (Lipinski definition) is 7. The van der Waals surface area contributed by atoms with Crippen molar-refractivity contribution in [3.05, 3.63) is 17.0 Å². The fourth-order valence-electron chi connectivity index (χ4n) is 4.63. The van der Waals surface area contributed by atoms with Gasteiger partial charge in [-0.15, -0.1) is 0 Å². The molecule has 1 aromatic rings. The van der Waals surface area contributed by atoms with Gasteiger partial charge in [0.15, 0.2) is 9.84 Å². The van der Waals surface area contributed by atoms with Crippen molar-refractivity contribution in [2.24, 2.45) is 11.8 Å². The van der Waals surface area contributed by atoms with Crippen LogP contribution in [0, 0.1) is 25.7 Å². The number of fused-ring (bicyclic) bond motifs is 1. The largest absolute Gasteiger partial charge is 0.381 e. The van der Waals surface area contributed by atoms with Gasteiger partial charge in [0.1, 0.15) is 5.76 Å². The molecule has 1 aromatic heterocycles. The molecule has 150 valence electrons. The Morgan fingerprint density at radius 3 is 2.67 bits per heavy atom. The van der Waals surface area contributed by atoms with Gasteiger partial charge in [-0.1, -0.05) is 5.16 Å². The minimum Gasteiger partial charge on any atom is -0.381 e. The topological polar surface area (TPSA) is 102 Å². The molecule has 0 aliphatic carbocycles. The van der Waals surface area contributed by atoms with Crippen LogP contribution < -0.4 is 5.32 Å². The number of nitrogens with zero attached hydrogens (tertiary/aromatic N) is 2. The Balaban J connectivity index is 1.44. The maximum atomic E-state index is 12.7. The first-order chi connectivity index (χ1) is 12.8. The molecular weight excluding hydrogens is 370 g/mol. The molecule has 0 aromatic carbocycles. The zero-order chi connectivity index (χ0) is 19.2. The summed E-state index contributed by atoms with van der Waals surface area (Å²) >= 11 is 0. The molecule has 0 bridgehead atoms. The second-order valence-corrected chi connectivity index (χ2v) is 10.3. The van der Waals surface area contributed by atoms with E-state index >= 15 is 0 Å². The number of aromatic nitrogens is 1. The van der Waals surface area contributed by atoms with Crippen LogP contribution in [0.15, 0.2) is 4.52 Å². The second-order valence-electron chi connectivity index (χ2n) is 8.03. The maximum absolute atomic E-state index is 12.7. The lowest BCUT2D eigenvalue weighted by molar-refractivity contribution is -0.128. The predicted molar refractivity (Wildman–Crippen MR) is 97.8 cm³/mol. The van der Waals surface area contributed by atoms with Gasteiger partial charge >= 0.3 is 0 Å². The van der Waals surface area contributed by atoms with Gasteiger partial charge in [-0.2, -0.15) is 0 Å². The summed E-state index contributed by atoms with van der Waals surface area (Å²) in [5, 5.41) is 6.62. The number of aryl methyl sites for hydroxylation is 2. The summed E-state index contributed by atoms with van der Waals surface area (Å²) in [5.41, 5.74) is 1.87. The zero-order valence-corrected chi connectivity index (χ0v) is 16.6. The number of carbonyl (C=O) groups excluding carboxylic acids is 1. The van der Waals surface area contributed by atoms with E-state index in [1.54, 1.807) is 0 Å². The molecule has 0 spiro atoms. The number of likely N-dealkylation sites (tertiary alicyclic amines) is 1. The summed E-state index contributed by atoms with van der Waals surface area (Å²) in [6, 6.07) is -0.301. The van der Waals surface area contributed by atoms with Crippen molar-refractivity contribution in [2.75, 3.05) is 32.1 Å². The first kappa shape index (κ1) is 18.9. The summed E-state index contributed by atoms with van der Waals surface area (Å²) in [5.74, 6) is 0.677. The van der Waals surface area contributed by atoms with E-state index in [1.165, 1.54) is 0 Å². The molecule has 3 aliphatic rings. The van der Waals surface area contributed by atoms with Gasteiger partial charge in [0, 0.05) is 56.3 Å². The van der Waals surface area contributed by atoms with Crippen molar-refractivity contribution in [1.82, 2.24) is 15.4 Å². The highest BCUT2D eigenvalue weighted by Gasteiger charge is 2.52. The van der Waals surface area contributed by atoms with Gasteiger partial charge in [0.05, 0.1) is 16.7 Å². The van der Waals surface area contributed by atoms with Gasteiger partial charge < -0.3 is 14.6 Å². The fraction of sp³-hybridized carbons (Fsp3) is 0.778. The van der Waals surface area contributed by atoms with Crippen molar-refractivity contribution < 1.29 is 22.5 Å². The molecule has 0 saturated carbocycles. The number of amides is 1. The predicted octanol–water partition coefficient (Wildman–Crippen LogP) is 0.432. The molecule has 1 amide bonds. The van der Waals surface area contributed by atoms with E-state index in [0.29, 0.717) is 45.7 Å². The number of hydrogen-bond donors (Lipinski definition) is 1. The minimum absolute atomic E-state index is 0.0247. The first-order valence-corrected chi connectivity index (χ1v) is 11.3. The molecule has 0 unspecified atom stereocenters. The van der Waals surface area contributed by atoms with E-state index < -0.39 is 15.1 Å². The Morgan fingerprint density at radius 1 is 1.26 bits per heavy atom. The highest BCUT2D eigenvalue weighted by Crippen LogP contribution is 2.35. The van der Waals surface area contributed by atoms with Crippen molar-refractivity contribution in [3.63, 3.8) is 0 Å². The standard InChI is InChI=1S/C18H27N3O5S/c1-11-14(12(2)26-20-11)7-21-8-15-16(10-27(23,24)17(15)9-21)19-18(22)13-3-5-25-6-4-13/h13,15-17H,3-10H2,1-2H3,(H,19,22)/t15-,16+,17-/m0/s1. The van der Waals surface area contributed by atoms with Crippen LogP contribution >= 0.6 is 0 Å². The Kier molecular flexibility index (Phi) is 5.02. The van der Waals surface area contributed by atoms with Crippen LogP contribution in [-0.2, 0) is 25.9 Å². The van der Waals surface area contributed by atoms with Crippen molar-refractivity contribution in [1.29, 1.82) is 0 Å². The molecule has 8 nitrogen and oxygen atoms in total. The smallest absolute Gasteiger partial charge is 0.223 e. The van der Waals surface area contributed by atoms with E-state index in [0.717, 1.165) is 17.0 Å². The van der Waals surface area contributed by atoms with E-state index in [9.17, 15) is 13.2 Å². The quantitative estimate of drug-likeness (QED) is 0.786. The minimum atomic E-state index is -3.20. The number of nitrogens with one attached hydrogen (secondary N) is 1. The van der Waals surface area contributed by atoms with E-state index in [4.69, 9.17) is 9.26 Å². The van der Waals surface area contributed by atoms with Gasteiger partial charge in [-0.05, 0) is 26.7 Å². The SMILES string of the molecule is Cc1noc(C)c1CN1C[C@H]2[C@H](NC(=O)C3CCOCC3)CS(=O)(=O)[C@H]2C1. The lowest BCUT2D eigenvalue weighted by Crippen LogP contribution is -2.45. The molecule has 3 saturated heterocycles. The van der Waals surface area contributed by atoms with E-state index in [1.807, 2.05) is 13.8 Å². The summed E-state index contributed by atoms with van der Waals surface area (Å²) < 4.78 is 35.9. The molecule has 1 N–H and O–H groups in total. The molecular formula is C18H27N3O5S. The average Bonchev–Trinajstić information content (AvgIpc) is 3.27. The van der Waals surface area contributed by atoms with Gasteiger partial charge in [-0.25, -0.2) is 8.42 Å². The molecule has 4 heterocycles. The third-order valence-electron chi connectivity index (χ3n) is 6.26. The van der Waals surface area contributed by atoms with E-state index in [-0.39, 0.29) is 29.5 Å². The molecule has 0 radical (unpaired) electrons. The molecule has 3 fully saturated rings. The third-order valence-corrected chi connectivity index (χ3v) is 8.50. The molecule has 27 heavy (non-hydrogen) atoms. The van der Waals surface area contributed by atoms with Gasteiger partial charge in [0.2, 0.25) is 5.91 Å². The Morgan fingerprint density at radius 2 is 2.00 bits per heavy atom. The average molecular weight is 397 g/mol. The first-order valence-electron chi connectivity index (χ1n) is 9.59. The molecule has 4 rings (SSSR count). The number of rotatable bonds is 4. The normalized spacial score (nSPS) is 31.1. The van der Waals surface area contributed by atoms with Crippen LogP contribution in [0.2, 0.25) is 0 Å². The molecule has 3 atom stereocenters. The summed E-state index contributed by atoms with van der Waals surface area (Å²) in [7, 11) is -3.20. The van der Waals surface area contributed by atoms with Crippen molar-refractivity contribution in [3.8, 4) is 0 Å². The molecule has 9 heteroatoms. The lowest BCUT2D eigenvalue weighted by Gasteiger charge is -2.25.